The van der Waals surface area contributed by atoms with E-state index in [2.05, 4.69) is 0 Å². The van der Waals surface area contributed by atoms with Crippen molar-refractivity contribution in [3.05, 3.63) is 0 Å². The van der Waals surface area contributed by atoms with E-state index in [-0.39, 0.29) is 25.0 Å². The van der Waals surface area contributed by atoms with Crippen molar-refractivity contribution in [3.63, 3.8) is 0 Å². The predicted molar refractivity (Wildman–Crippen MR) is 60.9 cm³/mol. The van der Waals surface area contributed by atoms with Gasteiger partial charge in [0.2, 0.25) is 5.91 Å². The van der Waals surface area contributed by atoms with Crippen molar-refractivity contribution in [2.75, 3.05) is 13.1 Å². The van der Waals surface area contributed by atoms with Gasteiger partial charge in [0.15, 0.2) is 0 Å². The lowest BCUT2D eigenvalue weighted by molar-refractivity contribution is -0.164. The number of hydrogen-bond acceptors (Lipinski definition) is 2. The maximum Gasteiger partial charge on any atom is 0.397 e. The molecular weight excluding hydrogens is 257 g/mol. The molecule has 1 aliphatic rings. The zero-order valence-electron chi connectivity index (χ0n) is 9.67. The molecule has 2 N–H and O–H groups in total. The van der Waals surface area contributed by atoms with E-state index in [1.54, 1.807) is 0 Å². The number of carbonyl (C=O) groups is 1. The average Bonchev–Trinajstić information content (AvgIpc) is 2.14. The summed E-state index contributed by atoms with van der Waals surface area (Å²) in [5, 5.41) is 0. The van der Waals surface area contributed by atoms with Gasteiger partial charge in [0.25, 0.3) is 0 Å². The van der Waals surface area contributed by atoms with Crippen LogP contribution in [0.3, 0.4) is 0 Å². The molecule has 0 aliphatic carbocycles. The highest BCUT2D eigenvalue weighted by Crippen LogP contribution is 2.26. The fourth-order valence-electron chi connectivity index (χ4n) is 2.08. The van der Waals surface area contributed by atoms with E-state index in [9.17, 15) is 18.0 Å². The second-order valence-electron chi connectivity index (χ2n) is 4.40. The fourth-order valence-corrected chi connectivity index (χ4v) is 2.08. The Balaban J connectivity index is 0.00000256. The van der Waals surface area contributed by atoms with Gasteiger partial charge in [-0.25, -0.2) is 0 Å². The Bertz CT molecular complexity index is 260. The summed E-state index contributed by atoms with van der Waals surface area (Å²) >= 11 is 0. The van der Waals surface area contributed by atoms with Gasteiger partial charge in [-0.3, -0.25) is 4.79 Å². The van der Waals surface area contributed by atoms with Crippen molar-refractivity contribution < 1.29 is 18.0 Å². The van der Waals surface area contributed by atoms with E-state index in [4.69, 9.17) is 5.73 Å². The second-order valence-corrected chi connectivity index (χ2v) is 4.40. The molecule has 0 aromatic carbocycles. The number of amides is 1. The summed E-state index contributed by atoms with van der Waals surface area (Å²) in [5.41, 5.74) is 5.48. The van der Waals surface area contributed by atoms with Crippen LogP contribution in [0.1, 0.15) is 26.2 Å². The minimum absolute atomic E-state index is 0. The Morgan fingerprint density at radius 2 is 2.06 bits per heavy atom. The van der Waals surface area contributed by atoms with E-state index in [1.165, 1.54) is 4.90 Å². The Hall–Kier alpha value is -0.490. The van der Waals surface area contributed by atoms with Crippen LogP contribution in [0.2, 0.25) is 0 Å². The Morgan fingerprint density at radius 1 is 1.47 bits per heavy atom. The highest BCUT2D eigenvalue weighted by molar-refractivity contribution is 5.85. The molecule has 102 valence electrons. The normalized spacial score (nSPS) is 25.4. The van der Waals surface area contributed by atoms with Gasteiger partial charge in [0.05, 0.1) is 0 Å². The zero-order valence-corrected chi connectivity index (χ0v) is 10.5. The SMILES string of the molecule is CC1CCN(C(=O)CC(F)(F)F)C(CN)C1.Cl. The lowest BCUT2D eigenvalue weighted by Crippen LogP contribution is -2.50. The summed E-state index contributed by atoms with van der Waals surface area (Å²) in [6.07, 6.45) is -4.36. The summed E-state index contributed by atoms with van der Waals surface area (Å²) in [4.78, 5) is 12.7. The molecule has 1 aliphatic heterocycles. The third-order valence-corrected chi connectivity index (χ3v) is 2.92. The van der Waals surface area contributed by atoms with E-state index < -0.39 is 18.5 Å². The van der Waals surface area contributed by atoms with Crippen LogP contribution in [0.5, 0.6) is 0 Å². The molecule has 1 rings (SSSR count). The molecule has 1 saturated heterocycles. The van der Waals surface area contributed by atoms with Crippen LogP contribution in [-0.4, -0.2) is 36.1 Å². The smallest absolute Gasteiger partial charge is 0.338 e. The third-order valence-electron chi connectivity index (χ3n) is 2.92. The quantitative estimate of drug-likeness (QED) is 0.837. The zero-order chi connectivity index (χ0) is 12.3. The summed E-state index contributed by atoms with van der Waals surface area (Å²) < 4.78 is 36.3. The lowest BCUT2D eigenvalue weighted by Gasteiger charge is -2.38. The third kappa shape index (κ3) is 5.12. The fraction of sp³-hybridized carbons (Fsp3) is 0.900. The number of rotatable bonds is 2. The summed E-state index contributed by atoms with van der Waals surface area (Å²) in [6, 6.07) is -0.237. The average molecular weight is 275 g/mol. The van der Waals surface area contributed by atoms with Crippen LogP contribution in [0.4, 0.5) is 13.2 Å². The summed E-state index contributed by atoms with van der Waals surface area (Å²) in [5.74, 6) is -0.432. The first-order valence-corrected chi connectivity index (χ1v) is 5.39. The number of alkyl halides is 3. The molecule has 1 amide bonds. The van der Waals surface area contributed by atoms with Crippen molar-refractivity contribution in [1.82, 2.24) is 4.90 Å². The molecule has 1 heterocycles. The molecule has 0 radical (unpaired) electrons. The number of nitrogens with zero attached hydrogens (tertiary/aromatic N) is 1. The Labute approximate surface area is 105 Å². The van der Waals surface area contributed by atoms with Crippen molar-refractivity contribution in [2.45, 2.75) is 38.4 Å². The minimum atomic E-state index is -4.43. The number of hydrogen-bond donors (Lipinski definition) is 1. The van der Waals surface area contributed by atoms with E-state index in [0.717, 1.165) is 6.42 Å². The summed E-state index contributed by atoms with van der Waals surface area (Å²) in [7, 11) is 0. The molecule has 0 aromatic heterocycles. The number of piperidine rings is 1. The Morgan fingerprint density at radius 3 is 2.53 bits per heavy atom. The minimum Gasteiger partial charge on any atom is -0.338 e. The van der Waals surface area contributed by atoms with Crippen LogP contribution < -0.4 is 5.73 Å². The van der Waals surface area contributed by atoms with Crippen LogP contribution >= 0.6 is 12.4 Å². The van der Waals surface area contributed by atoms with Crippen LogP contribution in [0.25, 0.3) is 0 Å². The largest absolute Gasteiger partial charge is 0.397 e. The topological polar surface area (TPSA) is 46.3 Å². The van der Waals surface area contributed by atoms with E-state index in [0.29, 0.717) is 18.9 Å². The van der Waals surface area contributed by atoms with E-state index in [1.807, 2.05) is 6.92 Å². The standard InChI is InChI=1S/C10H17F3N2O.ClH/c1-7-2-3-15(8(4-7)6-14)9(16)5-10(11,12)13;/h7-8H,2-6,14H2,1H3;1H. The molecule has 17 heavy (non-hydrogen) atoms. The summed E-state index contributed by atoms with van der Waals surface area (Å²) in [6.45, 7) is 2.64. The molecule has 7 heteroatoms. The van der Waals surface area contributed by atoms with Gasteiger partial charge in [-0.2, -0.15) is 13.2 Å². The van der Waals surface area contributed by atoms with Crippen LogP contribution in [-0.2, 0) is 4.79 Å². The maximum absolute atomic E-state index is 12.1. The van der Waals surface area contributed by atoms with Gasteiger partial charge in [-0.1, -0.05) is 6.92 Å². The van der Waals surface area contributed by atoms with E-state index >= 15 is 0 Å². The lowest BCUT2D eigenvalue weighted by atomic mass is 9.92. The monoisotopic (exact) mass is 274 g/mol. The van der Waals surface area contributed by atoms with Crippen LogP contribution in [0, 0.1) is 5.92 Å². The predicted octanol–water partition coefficient (Wildman–Crippen LogP) is 1.95. The molecular formula is C10H18ClF3N2O. The van der Waals surface area contributed by atoms with Crippen molar-refractivity contribution in [1.29, 1.82) is 0 Å². The molecule has 2 atom stereocenters. The van der Waals surface area contributed by atoms with Crippen molar-refractivity contribution in [3.8, 4) is 0 Å². The van der Waals surface area contributed by atoms with Crippen molar-refractivity contribution in [2.24, 2.45) is 11.7 Å². The highest BCUT2D eigenvalue weighted by atomic mass is 35.5. The van der Waals surface area contributed by atoms with Gasteiger partial charge in [-0.15, -0.1) is 12.4 Å². The first-order valence-electron chi connectivity index (χ1n) is 5.39. The van der Waals surface area contributed by atoms with Gasteiger partial charge >= 0.3 is 6.18 Å². The molecule has 1 fully saturated rings. The second kappa shape index (κ2) is 6.44. The molecule has 0 aromatic rings. The van der Waals surface area contributed by atoms with Gasteiger partial charge in [0, 0.05) is 19.1 Å². The number of carbonyl (C=O) groups excluding carboxylic acids is 1. The van der Waals surface area contributed by atoms with Crippen molar-refractivity contribution >= 4 is 18.3 Å². The maximum atomic E-state index is 12.1. The first kappa shape index (κ1) is 16.5. The Kier molecular flexibility index (Phi) is 6.26. The molecule has 3 nitrogen and oxygen atoms in total. The number of likely N-dealkylation sites (tertiary alicyclic amines) is 1. The van der Waals surface area contributed by atoms with Gasteiger partial charge in [0.1, 0.15) is 6.42 Å². The molecule has 0 spiro atoms. The molecule has 0 saturated carbocycles. The number of halogens is 4. The molecule has 0 bridgehead atoms. The van der Waals surface area contributed by atoms with Gasteiger partial charge in [-0.05, 0) is 18.8 Å². The molecule has 2 unspecified atom stereocenters. The highest BCUT2D eigenvalue weighted by Gasteiger charge is 2.36. The van der Waals surface area contributed by atoms with Crippen LogP contribution in [0.15, 0.2) is 0 Å². The van der Waals surface area contributed by atoms with Gasteiger partial charge < -0.3 is 10.6 Å². The first-order chi connectivity index (χ1) is 7.33. The number of nitrogens with two attached hydrogens (primary N) is 1.